The number of rotatable bonds is 3. The summed E-state index contributed by atoms with van der Waals surface area (Å²) < 4.78 is 38.4. The van der Waals surface area contributed by atoms with Crippen LogP contribution >= 0.6 is 11.3 Å². The molecule has 0 bridgehead atoms. The fourth-order valence-corrected chi connectivity index (χ4v) is 3.57. The van der Waals surface area contributed by atoms with E-state index >= 15 is 0 Å². The molecule has 6 nitrogen and oxygen atoms in total. The highest BCUT2D eigenvalue weighted by Gasteiger charge is 2.21. The van der Waals surface area contributed by atoms with Crippen LogP contribution in [0, 0.1) is 5.82 Å². The van der Waals surface area contributed by atoms with Gasteiger partial charge >= 0.3 is 0 Å². The van der Waals surface area contributed by atoms with Gasteiger partial charge in [0.2, 0.25) is 15.0 Å². The van der Waals surface area contributed by atoms with Crippen molar-refractivity contribution < 1.29 is 22.4 Å². The van der Waals surface area contributed by atoms with E-state index in [0.29, 0.717) is 16.8 Å². The highest BCUT2D eigenvalue weighted by molar-refractivity contribution is 8.06. The Morgan fingerprint density at radius 3 is 2.64 bits per heavy atom. The number of benzene rings is 1. The SMILES string of the molecule is CCn1c(=NC(=O)CS(=O)(=O)C(C)=O)sc2cc(F)ccc21. The zero-order chi connectivity index (χ0) is 16.5. The molecule has 0 N–H and O–H groups in total. The second-order valence-corrected chi connectivity index (χ2v) is 7.60. The Morgan fingerprint density at radius 1 is 1.36 bits per heavy atom. The molecule has 9 heteroatoms. The van der Waals surface area contributed by atoms with Crippen molar-refractivity contribution in [1.29, 1.82) is 0 Å². The number of aryl methyl sites for hydroxylation is 1. The zero-order valence-corrected chi connectivity index (χ0v) is 13.5. The van der Waals surface area contributed by atoms with Crippen LogP contribution in [0.4, 0.5) is 4.39 Å². The van der Waals surface area contributed by atoms with Crippen LogP contribution in [0.3, 0.4) is 0 Å². The molecule has 0 unspecified atom stereocenters. The lowest BCUT2D eigenvalue weighted by Crippen LogP contribution is -2.23. The number of hydrogen-bond donors (Lipinski definition) is 0. The molecule has 0 aliphatic rings. The second kappa shape index (κ2) is 6.09. The van der Waals surface area contributed by atoms with Crippen molar-refractivity contribution in [2.45, 2.75) is 20.4 Å². The Labute approximate surface area is 129 Å². The zero-order valence-electron chi connectivity index (χ0n) is 11.9. The van der Waals surface area contributed by atoms with Crippen LogP contribution in [0.5, 0.6) is 0 Å². The quantitative estimate of drug-likeness (QED) is 0.839. The molecule has 22 heavy (non-hydrogen) atoms. The van der Waals surface area contributed by atoms with E-state index in [4.69, 9.17) is 0 Å². The summed E-state index contributed by atoms with van der Waals surface area (Å²) in [6.07, 6.45) is 0. The molecule has 0 aliphatic heterocycles. The first-order chi connectivity index (χ1) is 10.2. The van der Waals surface area contributed by atoms with Crippen molar-refractivity contribution >= 4 is 42.4 Å². The minimum Gasteiger partial charge on any atom is -0.317 e. The minimum atomic E-state index is -4.12. The van der Waals surface area contributed by atoms with E-state index in [0.717, 1.165) is 18.3 Å². The Kier molecular flexibility index (Phi) is 4.57. The van der Waals surface area contributed by atoms with Gasteiger partial charge in [-0.1, -0.05) is 11.3 Å². The summed E-state index contributed by atoms with van der Waals surface area (Å²) in [5, 5.41) is -1.07. The summed E-state index contributed by atoms with van der Waals surface area (Å²) in [6.45, 7) is 3.19. The van der Waals surface area contributed by atoms with E-state index in [1.807, 2.05) is 6.92 Å². The van der Waals surface area contributed by atoms with Crippen molar-refractivity contribution in [3.8, 4) is 0 Å². The van der Waals surface area contributed by atoms with Crippen molar-refractivity contribution in [2.24, 2.45) is 4.99 Å². The van der Waals surface area contributed by atoms with E-state index in [9.17, 15) is 22.4 Å². The average Bonchev–Trinajstić information content (AvgIpc) is 2.73. The van der Waals surface area contributed by atoms with Gasteiger partial charge in [-0.05, 0) is 25.1 Å². The maximum Gasteiger partial charge on any atom is 0.264 e. The average molecular weight is 344 g/mol. The van der Waals surface area contributed by atoms with E-state index in [-0.39, 0.29) is 4.80 Å². The van der Waals surface area contributed by atoms with Crippen LogP contribution in [-0.4, -0.2) is 29.8 Å². The number of halogens is 1. The van der Waals surface area contributed by atoms with Crippen molar-refractivity contribution in [1.82, 2.24) is 4.57 Å². The lowest BCUT2D eigenvalue weighted by atomic mass is 10.3. The minimum absolute atomic E-state index is 0.270. The molecule has 0 saturated heterocycles. The number of nitrogens with zero attached hydrogens (tertiary/aromatic N) is 2. The van der Waals surface area contributed by atoms with Crippen LogP contribution in [0.1, 0.15) is 13.8 Å². The molecular weight excluding hydrogens is 331 g/mol. The van der Waals surface area contributed by atoms with Gasteiger partial charge in [0.25, 0.3) is 5.91 Å². The molecule has 2 aromatic rings. The van der Waals surface area contributed by atoms with Crippen LogP contribution in [0.25, 0.3) is 10.2 Å². The van der Waals surface area contributed by atoms with Gasteiger partial charge in [-0.3, -0.25) is 9.59 Å². The van der Waals surface area contributed by atoms with E-state index in [1.165, 1.54) is 12.1 Å². The number of carbonyl (C=O) groups excluding carboxylic acids is 2. The third-order valence-corrected chi connectivity index (χ3v) is 5.48. The molecule has 2 rings (SSSR count). The Hall–Kier alpha value is -1.87. The molecule has 0 aliphatic carbocycles. The molecule has 1 amide bonds. The molecular formula is C13H13FN2O4S2. The van der Waals surface area contributed by atoms with Gasteiger partial charge in [0, 0.05) is 13.5 Å². The third-order valence-electron chi connectivity index (χ3n) is 2.93. The third kappa shape index (κ3) is 3.30. The summed E-state index contributed by atoms with van der Waals surface area (Å²) in [6, 6.07) is 4.19. The summed E-state index contributed by atoms with van der Waals surface area (Å²) in [7, 11) is -4.12. The summed E-state index contributed by atoms with van der Waals surface area (Å²) in [4.78, 5) is 26.7. The van der Waals surface area contributed by atoms with E-state index in [2.05, 4.69) is 4.99 Å². The van der Waals surface area contributed by atoms with Gasteiger partial charge < -0.3 is 4.57 Å². The monoisotopic (exact) mass is 344 g/mol. The lowest BCUT2D eigenvalue weighted by molar-refractivity contribution is -0.116. The number of sulfone groups is 1. The van der Waals surface area contributed by atoms with Gasteiger partial charge in [-0.2, -0.15) is 4.99 Å². The van der Waals surface area contributed by atoms with Crippen LogP contribution in [0.2, 0.25) is 0 Å². The van der Waals surface area contributed by atoms with E-state index in [1.54, 1.807) is 10.6 Å². The van der Waals surface area contributed by atoms with Crippen LogP contribution < -0.4 is 4.80 Å². The molecule has 1 aromatic heterocycles. The summed E-state index contributed by atoms with van der Waals surface area (Å²) >= 11 is 1.08. The summed E-state index contributed by atoms with van der Waals surface area (Å²) in [5.41, 5.74) is 0.704. The van der Waals surface area contributed by atoms with Crippen molar-refractivity contribution in [3.05, 3.63) is 28.8 Å². The Balaban J connectivity index is 2.50. The van der Waals surface area contributed by atoms with Crippen LogP contribution in [0.15, 0.2) is 23.2 Å². The molecule has 0 atom stereocenters. The fourth-order valence-electron chi connectivity index (χ4n) is 1.84. The second-order valence-electron chi connectivity index (χ2n) is 4.50. The molecule has 1 heterocycles. The standard InChI is InChI=1S/C13H13FN2O4S2/c1-3-16-10-5-4-9(14)6-11(10)21-13(16)15-12(18)7-22(19,20)8(2)17/h4-6H,3,7H2,1-2H3. The predicted molar refractivity (Wildman–Crippen MR) is 80.5 cm³/mol. The number of amides is 1. The number of carbonyl (C=O) groups is 2. The molecule has 118 valence electrons. The molecule has 1 aromatic carbocycles. The topological polar surface area (TPSA) is 85.6 Å². The van der Waals surface area contributed by atoms with E-state index < -0.39 is 32.4 Å². The van der Waals surface area contributed by atoms with Gasteiger partial charge in [0.05, 0.1) is 10.2 Å². The molecule has 0 fully saturated rings. The van der Waals surface area contributed by atoms with Crippen LogP contribution in [-0.2, 0) is 26.0 Å². The van der Waals surface area contributed by atoms with Gasteiger partial charge in [0.1, 0.15) is 11.6 Å². The van der Waals surface area contributed by atoms with Gasteiger partial charge in [-0.15, -0.1) is 0 Å². The number of aromatic nitrogens is 1. The normalized spacial score (nSPS) is 12.8. The number of fused-ring (bicyclic) bond motifs is 1. The highest BCUT2D eigenvalue weighted by atomic mass is 32.2. The van der Waals surface area contributed by atoms with Crippen molar-refractivity contribution in [2.75, 3.05) is 5.75 Å². The maximum absolute atomic E-state index is 13.2. The predicted octanol–water partition coefficient (Wildman–Crippen LogP) is 1.25. The molecule has 0 spiro atoms. The maximum atomic E-state index is 13.2. The Morgan fingerprint density at radius 2 is 2.05 bits per heavy atom. The number of hydrogen-bond acceptors (Lipinski definition) is 5. The summed E-state index contributed by atoms with van der Waals surface area (Å²) in [5.74, 6) is -2.30. The molecule has 0 saturated carbocycles. The smallest absolute Gasteiger partial charge is 0.264 e. The van der Waals surface area contributed by atoms with Gasteiger partial charge in [-0.25, -0.2) is 12.8 Å². The largest absolute Gasteiger partial charge is 0.317 e. The fraction of sp³-hybridized carbons (Fsp3) is 0.308. The first kappa shape index (κ1) is 16.5. The highest BCUT2D eigenvalue weighted by Crippen LogP contribution is 2.18. The first-order valence-electron chi connectivity index (χ1n) is 6.34. The first-order valence-corrected chi connectivity index (χ1v) is 8.81. The Bertz CT molecular complexity index is 925. The molecule has 0 radical (unpaired) electrons. The lowest BCUT2D eigenvalue weighted by Gasteiger charge is -2.00. The van der Waals surface area contributed by atoms with Crippen molar-refractivity contribution in [3.63, 3.8) is 0 Å². The van der Waals surface area contributed by atoms with Gasteiger partial charge in [0.15, 0.2) is 4.80 Å². The number of thiazole rings is 1.